The number of carbonyl (C=O) groups excluding carboxylic acids is 1. The third-order valence-electron chi connectivity index (χ3n) is 3.64. The Labute approximate surface area is 118 Å². The molecule has 102 valence electrons. The Kier molecular flexibility index (Phi) is 3.18. The number of hydrogen-bond acceptors (Lipinski definition) is 3. The van der Waals surface area contributed by atoms with E-state index in [9.17, 15) is 13.2 Å². The van der Waals surface area contributed by atoms with Crippen molar-refractivity contribution in [3.8, 4) is 0 Å². The van der Waals surface area contributed by atoms with Crippen LogP contribution in [0.2, 0.25) is 0 Å². The Morgan fingerprint density at radius 3 is 2.40 bits per heavy atom. The lowest BCUT2D eigenvalue weighted by Crippen LogP contribution is -2.09. The lowest BCUT2D eigenvalue weighted by molar-refractivity contribution is 0.0976. The fourth-order valence-corrected chi connectivity index (χ4v) is 4.57. The van der Waals surface area contributed by atoms with E-state index >= 15 is 0 Å². The third kappa shape index (κ3) is 2.27. The van der Waals surface area contributed by atoms with Crippen LogP contribution in [0.1, 0.15) is 28.3 Å². The van der Waals surface area contributed by atoms with E-state index in [4.69, 9.17) is 0 Å². The summed E-state index contributed by atoms with van der Waals surface area (Å²) >= 11 is 0. The molecular weight excluding hydrogens is 272 g/mol. The number of benzene rings is 2. The highest BCUT2D eigenvalue weighted by molar-refractivity contribution is 7.91. The summed E-state index contributed by atoms with van der Waals surface area (Å²) in [7, 11) is -3.23. The highest BCUT2D eigenvalue weighted by Crippen LogP contribution is 2.37. The first-order valence-electron chi connectivity index (χ1n) is 6.48. The first-order chi connectivity index (χ1) is 9.58. The standard InChI is InChI=1S/C16H14O3S/c17-15(12-6-2-1-3-7-12)10-13-11-20(18,19)16-9-5-4-8-14(13)16/h1-9,13H,10-11H2. The predicted octanol–water partition coefficient (Wildman–Crippen LogP) is 2.83. The summed E-state index contributed by atoms with van der Waals surface area (Å²) in [5.74, 6) is -0.211. The summed E-state index contributed by atoms with van der Waals surface area (Å²) < 4.78 is 24.1. The van der Waals surface area contributed by atoms with E-state index in [1.807, 2.05) is 30.3 Å². The second kappa shape index (κ2) is 4.87. The van der Waals surface area contributed by atoms with Crippen LogP contribution < -0.4 is 0 Å². The van der Waals surface area contributed by atoms with Crippen LogP contribution in [0.15, 0.2) is 59.5 Å². The van der Waals surface area contributed by atoms with Crippen LogP contribution in [0, 0.1) is 0 Å². The second-order valence-corrected chi connectivity index (χ2v) is 7.01. The Balaban J connectivity index is 1.89. The Morgan fingerprint density at radius 1 is 1.00 bits per heavy atom. The fourth-order valence-electron chi connectivity index (χ4n) is 2.68. The molecule has 0 fully saturated rings. The van der Waals surface area contributed by atoms with E-state index in [-0.39, 0.29) is 23.9 Å². The molecule has 0 saturated heterocycles. The van der Waals surface area contributed by atoms with E-state index in [2.05, 4.69) is 0 Å². The van der Waals surface area contributed by atoms with E-state index in [0.717, 1.165) is 5.56 Å². The van der Waals surface area contributed by atoms with Crippen molar-refractivity contribution in [2.24, 2.45) is 0 Å². The number of rotatable bonds is 3. The molecule has 0 N–H and O–H groups in total. The van der Waals surface area contributed by atoms with Crippen molar-refractivity contribution in [1.29, 1.82) is 0 Å². The number of hydrogen-bond donors (Lipinski definition) is 0. The second-order valence-electron chi connectivity index (χ2n) is 5.01. The largest absolute Gasteiger partial charge is 0.294 e. The molecule has 3 nitrogen and oxygen atoms in total. The van der Waals surface area contributed by atoms with Crippen LogP contribution in [0.3, 0.4) is 0 Å². The zero-order valence-electron chi connectivity index (χ0n) is 10.8. The van der Waals surface area contributed by atoms with Crippen molar-refractivity contribution >= 4 is 15.6 Å². The summed E-state index contributed by atoms with van der Waals surface area (Å²) in [4.78, 5) is 12.6. The van der Waals surface area contributed by atoms with Gasteiger partial charge in [0.1, 0.15) is 0 Å². The molecule has 2 aromatic carbocycles. The number of ketones is 1. The monoisotopic (exact) mass is 286 g/mol. The minimum absolute atomic E-state index is 0.0116. The number of Topliss-reactive ketones (excluding diaryl/α,β-unsaturated/α-hetero) is 1. The number of carbonyl (C=O) groups is 1. The molecule has 3 rings (SSSR count). The van der Waals surface area contributed by atoms with Crippen LogP contribution in [0.4, 0.5) is 0 Å². The van der Waals surface area contributed by atoms with Crippen molar-refractivity contribution in [2.75, 3.05) is 5.75 Å². The van der Waals surface area contributed by atoms with Crippen LogP contribution in [-0.2, 0) is 9.84 Å². The maximum absolute atomic E-state index is 12.2. The highest BCUT2D eigenvalue weighted by Gasteiger charge is 2.35. The van der Waals surface area contributed by atoms with Gasteiger partial charge in [-0.2, -0.15) is 0 Å². The van der Waals surface area contributed by atoms with Crippen molar-refractivity contribution in [1.82, 2.24) is 0 Å². The van der Waals surface area contributed by atoms with E-state index in [1.165, 1.54) is 0 Å². The molecule has 0 bridgehead atoms. The van der Waals surface area contributed by atoms with Gasteiger partial charge in [-0.25, -0.2) is 8.42 Å². The van der Waals surface area contributed by atoms with Crippen LogP contribution in [0.25, 0.3) is 0 Å². The van der Waals surface area contributed by atoms with Crippen LogP contribution in [0.5, 0.6) is 0 Å². The highest BCUT2D eigenvalue weighted by atomic mass is 32.2. The Bertz CT molecular complexity index is 748. The molecule has 1 unspecified atom stereocenters. The molecule has 0 aliphatic carbocycles. The molecule has 2 aromatic rings. The normalized spacial score (nSPS) is 19.5. The van der Waals surface area contributed by atoms with E-state index in [1.54, 1.807) is 24.3 Å². The summed E-state index contributed by atoms with van der Waals surface area (Å²) in [6.45, 7) is 0. The molecule has 1 aliphatic rings. The summed E-state index contributed by atoms with van der Waals surface area (Å²) in [6, 6.07) is 16.0. The first-order valence-corrected chi connectivity index (χ1v) is 8.13. The molecule has 0 amide bonds. The lowest BCUT2D eigenvalue weighted by Gasteiger charge is -2.08. The molecular formula is C16H14O3S. The van der Waals surface area contributed by atoms with Gasteiger partial charge >= 0.3 is 0 Å². The zero-order valence-corrected chi connectivity index (χ0v) is 11.6. The van der Waals surface area contributed by atoms with Crippen LogP contribution >= 0.6 is 0 Å². The lowest BCUT2D eigenvalue weighted by atomic mass is 9.93. The quantitative estimate of drug-likeness (QED) is 0.815. The van der Waals surface area contributed by atoms with Gasteiger partial charge in [0.15, 0.2) is 15.6 Å². The van der Waals surface area contributed by atoms with Gasteiger partial charge in [0.05, 0.1) is 10.6 Å². The Hall–Kier alpha value is -1.94. The Morgan fingerprint density at radius 2 is 1.65 bits per heavy atom. The smallest absolute Gasteiger partial charge is 0.179 e. The molecule has 0 saturated carbocycles. The average Bonchev–Trinajstić information content (AvgIpc) is 2.72. The van der Waals surface area contributed by atoms with Gasteiger partial charge in [0, 0.05) is 17.9 Å². The van der Waals surface area contributed by atoms with Crippen molar-refractivity contribution in [2.45, 2.75) is 17.2 Å². The third-order valence-corrected chi connectivity index (χ3v) is 5.53. The topological polar surface area (TPSA) is 51.2 Å². The fraction of sp³-hybridized carbons (Fsp3) is 0.188. The first kappa shape index (κ1) is 13.1. The molecule has 4 heteroatoms. The van der Waals surface area contributed by atoms with Gasteiger partial charge in [-0.15, -0.1) is 0 Å². The maximum Gasteiger partial charge on any atom is 0.179 e. The molecule has 1 heterocycles. The summed E-state index contributed by atoms with van der Waals surface area (Å²) in [5, 5.41) is 0. The van der Waals surface area contributed by atoms with Gasteiger partial charge < -0.3 is 0 Å². The van der Waals surface area contributed by atoms with Crippen molar-refractivity contribution in [3.05, 3.63) is 65.7 Å². The molecule has 1 atom stereocenters. The van der Waals surface area contributed by atoms with Crippen molar-refractivity contribution < 1.29 is 13.2 Å². The summed E-state index contributed by atoms with van der Waals surface area (Å²) in [6.07, 6.45) is 0.236. The minimum Gasteiger partial charge on any atom is -0.294 e. The van der Waals surface area contributed by atoms with E-state index in [0.29, 0.717) is 10.5 Å². The maximum atomic E-state index is 12.2. The predicted molar refractivity (Wildman–Crippen MR) is 76.6 cm³/mol. The minimum atomic E-state index is -3.23. The molecule has 0 spiro atoms. The van der Waals surface area contributed by atoms with Crippen molar-refractivity contribution in [3.63, 3.8) is 0 Å². The van der Waals surface area contributed by atoms with Gasteiger partial charge in [0.2, 0.25) is 0 Å². The molecule has 20 heavy (non-hydrogen) atoms. The SMILES string of the molecule is O=C(CC1CS(=O)(=O)c2ccccc21)c1ccccc1. The van der Waals surface area contributed by atoms with Gasteiger partial charge in [-0.3, -0.25) is 4.79 Å². The van der Waals surface area contributed by atoms with Gasteiger partial charge in [0.25, 0.3) is 0 Å². The average molecular weight is 286 g/mol. The van der Waals surface area contributed by atoms with Gasteiger partial charge in [-0.05, 0) is 11.6 Å². The van der Waals surface area contributed by atoms with Crippen LogP contribution in [-0.4, -0.2) is 20.0 Å². The number of sulfone groups is 1. The van der Waals surface area contributed by atoms with E-state index < -0.39 is 9.84 Å². The molecule has 0 aromatic heterocycles. The summed E-state index contributed by atoms with van der Waals surface area (Å²) in [5.41, 5.74) is 1.41. The molecule has 0 radical (unpaired) electrons. The molecule has 1 aliphatic heterocycles. The zero-order chi connectivity index (χ0) is 14.2. The van der Waals surface area contributed by atoms with Gasteiger partial charge in [-0.1, -0.05) is 48.5 Å². The number of fused-ring (bicyclic) bond motifs is 1.